The number of carbonyl (C=O) groups is 4. The van der Waals surface area contributed by atoms with E-state index in [1.807, 2.05) is 0 Å². The zero-order valence-electron chi connectivity index (χ0n) is 25.5. The normalized spacial score (nSPS) is 22.5. The molecular weight excluding hydrogens is 699 g/mol. The van der Waals surface area contributed by atoms with Crippen molar-refractivity contribution in [1.29, 1.82) is 0 Å². The van der Waals surface area contributed by atoms with Crippen LogP contribution >= 0.6 is 34.9 Å². The van der Waals surface area contributed by atoms with Gasteiger partial charge in [-0.1, -0.05) is 35.2 Å². The van der Waals surface area contributed by atoms with Crippen LogP contribution < -0.4 is 26.8 Å². The number of aromatic amines is 1. The Balaban J connectivity index is 1.24. The number of nitrogens with two attached hydrogens (primary N) is 1. The number of phenols is 1. The van der Waals surface area contributed by atoms with E-state index in [-0.39, 0.29) is 52.3 Å². The molecule has 4 heterocycles. The van der Waals surface area contributed by atoms with Gasteiger partial charge in [0.1, 0.15) is 40.1 Å². The highest BCUT2D eigenvalue weighted by molar-refractivity contribution is 8.01. The fraction of sp³-hybridized carbons (Fsp3) is 0.379. The number of phenolic OH excluding ortho intramolecular Hbond substituents is 1. The number of nitrogens with zero attached hydrogens (tertiary/aromatic N) is 5. The number of hydrogen-bond acceptors (Lipinski definition) is 14. The lowest BCUT2D eigenvalue weighted by Gasteiger charge is -2.49. The van der Waals surface area contributed by atoms with Gasteiger partial charge in [0.15, 0.2) is 4.34 Å². The summed E-state index contributed by atoms with van der Waals surface area (Å²) < 4.78 is 0.647. The number of carbonyl (C=O) groups excluding carboxylic acids is 3. The van der Waals surface area contributed by atoms with Gasteiger partial charge in [-0.15, -0.1) is 22.0 Å². The number of urea groups is 1. The summed E-state index contributed by atoms with van der Waals surface area (Å²) in [6, 6.07) is 1.32. The van der Waals surface area contributed by atoms with Gasteiger partial charge >= 0.3 is 12.0 Å². The van der Waals surface area contributed by atoms with Crippen LogP contribution in [0.5, 0.6) is 5.75 Å². The number of thioether (sulfide) groups is 2. The number of benzene rings is 1. The lowest BCUT2D eigenvalue weighted by Crippen LogP contribution is -2.71. The molecule has 8 N–H and O–H groups in total. The van der Waals surface area contributed by atoms with Crippen LogP contribution in [0.4, 0.5) is 16.4 Å². The van der Waals surface area contributed by atoms with Gasteiger partial charge in [0.2, 0.25) is 11.9 Å². The maximum atomic E-state index is 14.0. The summed E-state index contributed by atoms with van der Waals surface area (Å²) in [5.74, 6) is -2.30. The summed E-state index contributed by atoms with van der Waals surface area (Å²) in [7, 11) is 0. The van der Waals surface area contributed by atoms with E-state index < -0.39 is 46.8 Å². The monoisotopic (exact) mass is 729 g/mol. The summed E-state index contributed by atoms with van der Waals surface area (Å²) in [5.41, 5.74) is 6.68. The molecule has 20 heteroatoms. The van der Waals surface area contributed by atoms with Crippen LogP contribution in [-0.4, -0.2) is 99.3 Å². The summed E-state index contributed by atoms with van der Waals surface area (Å²) in [6.45, 7) is 0. The first-order valence-electron chi connectivity index (χ1n) is 15.0. The van der Waals surface area contributed by atoms with Gasteiger partial charge < -0.3 is 31.7 Å². The number of carboxylic acids is 1. The zero-order chi connectivity index (χ0) is 34.8. The number of rotatable bonds is 11. The van der Waals surface area contributed by atoms with Gasteiger partial charge in [0, 0.05) is 17.5 Å². The minimum atomic E-state index is -1.59. The first kappa shape index (κ1) is 34.2. The van der Waals surface area contributed by atoms with Gasteiger partial charge in [0.25, 0.3) is 11.5 Å². The number of aliphatic carboxylic acids is 1. The Kier molecular flexibility index (Phi) is 10.1. The molecule has 2 aliphatic heterocycles. The number of aliphatic hydroxyl groups excluding tert-OH is 1. The molecule has 2 unspecified atom stereocenters. The molecule has 1 saturated carbocycles. The van der Waals surface area contributed by atoms with E-state index in [4.69, 9.17) is 5.73 Å². The van der Waals surface area contributed by atoms with Crippen LogP contribution in [0.15, 0.2) is 56.4 Å². The molecule has 17 nitrogen and oxygen atoms in total. The summed E-state index contributed by atoms with van der Waals surface area (Å²) in [4.78, 5) is 74.8. The van der Waals surface area contributed by atoms with E-state index in [0.717, 1.165) is 16.0 Å². The molecule has 0 bridgehead atoms. The van der Waals surface area contributed by atoms with Crippen LogP contribution in [0, 0.1) is 0 Å². The number of H-pyrrole nitrogens is 1. The van der Waals surface area contributed by atoms with Gasteiger partial charge in [-0.25, -0.2) is 14.6 Å². The highest BCUT2D eigenvalue weighted by atomic mass is 32.2. The van der Waals surface area contributed by atoms with Crippen LogP contribution in [0.2, 0.25) is 0 Å². The molecule has 6 rings (SSSR count). The maximum Gasteiger partial charge on any atom is 0.352 e. The van der Waals surface area contributed by atoms with Gasteiger partial charge in [-0.2, -0.15) is 0 Å². The molecule has 0 spiro atoms. The molecule has 0 radical (unpaired) electrons. The quantitative estimate of drug-likeness (QED) is 0.108. The van der Waals surface area contributed by atoms with Crippen molar-refractivity contribution in [3.63, 3.8) is 0 Å². The largest absolute Gasteiger partial charge is 0.508 e. The second-order valence-corrected chi connectivity index (χ2v) is 14.6. The lowest BCUT2D eigenvalue weighted by molar-refractivity contribution is -0.150. The average molecular weight is 730 g/mol. The van der Waals surface area contributed by atoms with Crippen molar-refractivity contribution in [2.24, 2.45) is 5.73 Å². The first-order valence-corrected chi connectivity index (χ1v) is 17.9. The molecular formula is C29H31N9O8S3. The predicted molar refractivity (Wildman–Crippen MR) is 180 cm³/mol. The van der Waals surface area contributed by atoms with Crippen molar-refractivity contribution >= 4 is 70.3 Å². The Morgan fingerprint density at radius 1 is 1.16 bits per heavy atom. The number of aromatic hydroxyl groups is 1. The molecule has 1 aromatic carbocycles. The van der Waals surface area contributed by atoms with Crippen molar-refractivity contribution in [3.05, 3.63) is 63.2 Å². The molecule has 4 amide bonds. The van der Waals surface area contributed by atoms with E-state index >= 15 is 0 Å². The highest BCUT2D eigenvalue weighted by Gasteiger charge is 2.55. The second kappa shape index (κ2) is 14.4. The SMILES string of the molecule is NC(=O)N(c1cnc(NC2CCC(O)CC2)[nH]c1=O)C(C(=O)NC1C(=O)N2C(C(=O)O)=C(CSc3nncs3)CS[C@@H]12)c1ccc(O)cc1. The Hall–Kier alpha value is -4.66. The number of carboxylic acid groups (broad SMARTS) is 1. The standard InChI is InChI=1S/C29H31N9O8S3/c30-27(46)37(18-9-31-28(35-22(18)41)33-15-3-7-17(40)8-4-15)20(13-1-5-16(39)6-2-13)23(42)34-19-24(43)38-21(26(44)45)14(10-47-25(19)38)11-48-29-36-32-12-49-29/h1-2,5-6,9,12,15,17,19-20,25,39-40H,3-4,7-8,10-11H2,(H2,30,46)(H,34,42)(H,44,45)(H2,31,33,35,41)/t15?,17?,19?,20?,25-/m0/s1. The predicted octanol–water partition coefficient (Wildman–Crippen LogP) is 1.20. The van der Waals surface area contributed by atoms with Gasteiger partial charge in [-0.05, 0) is 49.0 Å². The third-order valence-electron chi connectivity index (χ3n) is 8.29. The number of β-lactam (4-membered cyclic amide) rings is 1. The van der Waals surface area contributed by atoms with Crippen LogP contribution in [0.25, 0.3) is 0 Å². The number of anilines is 2. The molecule has 258 valence electrons. The van der Waals surface area contributed by atoms with Crippen LogP contribution in [0.3, 0.4) is 0 Å². The van der Waals surface area contributed by atoms with Crippen LogP contribution in [0.1, 0.15) is 37.3 Å². The minimum Gasteiger partial charge on any atom is -0.508 e. The molecule has 3 aliphatic rings. The van der Waals surface area contributed by atoms with Crippen LogP contribution in [-0.2, 0) is 14.4 Å². The Labute approximate surface area is 290 Å². The van der Waals surface area contributed by atoms with Crippen molar-refractivity contribution in [2.75, 3.05) is 21.7 Å². The number of primary amides is 1. The molecule has 3 aromatic rings. The lowest BCUT2D eigenvalue weighted by atomic mass is 9.93. The summed E-state index contributed by atoms with van der Waals surface area (Å²) in [6.07, 6.45) is 3.24. The van der Waals surface area contributed by atoms with Gasteiger partial charge in [-0.3, -0.25) is 29.2 Å². The third-order valence-corrected chi connectivity index (χ3v) is 11.6. The first-order chi connectivity index (χ1) is 23.5. The molecule has 1 aliphatic carbocycles. The molecule has 2 fully saturated rings. The molecule has 3 atom stereocenters. The van der Waals surface area contributed by atoms with E-state index in [9.17, 15) is 39.3 Å². The third kappa shape index (κ3) is 7.21. The number of aromatic nitrogens is 4. The number of amides is 4. The zero-order valence-corrected chi connectivity index (χ0v) is 28.0. The minimum absolute atomic E-state index is 0.0426. The van der Waals surface area contributed by atoms with E-state index in [0.29, 0.717) is 35.6 Å². The number of fused-ring (bicyclic) bond motifs is 1. The second-order valence-electron chi connectivity index (χ2n) is 11.4. The molecule has 49 heavy (non-hydrogen) atoms. The van der Waals surface area contributed by atoms with Crippen molar-refractivity contribution < 1.29 is 34.5 Å². The van der Waals surface area contributed by atoms with Crippen molar-refractivity contribution in [3.8, 4) is 5.75 Å². The Morgan fingerprint density at radius 3 is 2.53 bits per heavy atom. The summed E-state index contributed by atoms with van der Waals surface area (Å²) >= 11 is 3.88. The summed E-state index contributed by atoms with van der Waals surface area (Å²) in [5, 5.41) is 42.4. The van der Waals surface area contributed by atoms with E-state index in [1.54, 1.807) is 5.51 Å². The Morgan fingerprint density at radius 2 is 1.90 bits per heavy atom. The number of aliphatic hydroxyl groups is 1. The fourth-order valence-corrected chi connectivity index (χ4v) is 8.88. The topological polar surface area (TPSA) is 257 Å². The van der Waals surface area contributed by atoms with E-state index in [1.165, 1.54) is 59.1 Å². The molecule has 1 saturated heterocycles. The van der Waals surface area contributed by atoms with E-state index in [2.05, 4.69) is 30.8 Å². The smallest absolute Gasteiger partial charge is 0.352 e. The average Bonchev–Trinajstić information content (AvgIpc) is 3.60. The number of nitrogens with one attached hydrogen (secondary N) is 3. The molecule has 2 aromatic heterocycles. The fourth-order valence-electron chi connectivity index (χ4n) is 5.91. The maximum absolute atomic E-state index is 14.0. The van der Waals surface area contributed by atoms with Gasteiger partial charge in [0.05, 0.1) is 12.3 Å². The number of hydrogen-bond donors (Lipinski definition) is 7. The Bertz CT molecular complexity index is 1830. The van der Waals surface area contributed by atoms with Crippen molar-refractivity contribution in [2.45, 2.75) is 59.6 Å². The van der Waals surface area contributed by atoms with Crippen molar-refractivity contribution in [1.82, 2.24) is 30.4 Å². The highest BCUT2D eigenvalue weighted by Crippen LogP contribution is 2.42.